The first kappa shape index (κ1) is 8.53. The van der Waals surface area contributed by atoms with Gasteiger partial charge in [-0.1, -0.05) is 19.3 Å². The van der Waals surface area contributed by atoms with Gasteiger partial charge in [-0.15, -0.1) is 0 Å². The monoisotopic (exact) mass is 181 g/mol. The highest BCUT2D eigenvalue weighted by Crippen LogP contribution is 2.24. The van der Waals surface area contributed by atoms with Crippen LogP contribution in [-0.2, 0) is 0 Å². The lowest BCUT2D eigenvalue weighted by molar-refractivity contribution is 0.240. The number of amides is 2. The van der Waals surface area contributed by atoms with E-state index in [9.17, 15) is 4.79 Å². The average Bonchev–Trinajstić information content (AvgIpc) is 2.20. The highest BCUT2D eigenvalue weighted by molar-refractivity contribution is 5.94. The summed E-state index contributed by atoms with van der Waals surface area (Å²) < 4.78 is 0. The molecule has 2 aliphatic rings. The number of hydrazone groups is 1. The Balaban J connectivity index is 1.95. The first-order valence-electron chi connectivity index (χ1n) is 4.96. The molecule has 72 valence electrons. The summed E-state index contributed by atoms with van der Waals surface area (Å²) in [5, 5.41) is 6.84. The number of hydrogen-bond acceptors (Lipinski definition) is 2. The Morgan fingerprint density at radius 1 is 1.23 bits per heavy atom. The summed E-state index contributed by atoms with van der Waals surface area (Å²) in [5.74, 6) is 0.599. The van der Waals surface area contributed by atoms with Gasteiger partial charge in [0.15, 0.2) is 0 Å². The molecule has 0 aromatic rings. The fraction of sp³-hybridized carbons (Fsp3) is 0.778. The first-order valence-corrected chi connectivity index (χ1v) is 4.96. The standard InChI is InChI=1S/C9H15N3O/c13-9-10-6-8(11-12-9)7-4-2-1-3-5-7/h7H,1-6H2,(H2,10,12,13). The Morgan fingerprint density at radius 3 is 2.62 bits per heavy atom. The molecule has 0 spiro atoms. The Bertz CT molecular complexity index is 231. The predicted octanol–water partition coefficient (Wildman–Crippen LogP) is 1.24. The molecule has 4 nitrogen and oxygen atoms in total. The highest BCUT2D eigenvalue weighted by atomic mass is 16.2. The molecule has 0 aromatic carbocycles. The highest BCUT2D eigenvalue weighted by Gasteiger charge is 2.21. The van der Waals surface area contributed by atoms with Crippen molar-refractivity contribution in [2.45, 2.75) is 32.1 Å². The van der Waals surface area contributed by atoms with Gasteiger partial charge in [0.2, 0.25) is 0 Å². The lowest BCUT2D eigenvalue weighted by atomic mass is 9.85. The molecule has 2 N–H and O–H groups in total. The Morgan fingerprint density at radius 2 is 2.00 bits per heavy atom. The summed E-state index contributed by atoms with van der Waals surface area (Å²) in [5.41, 5.74) is 3.59. The number of rotatable bonds is 1. The van der Waals surface area contributed by atoms with Crippen LogP contribution < -0.4 is 10.7 Å². The third-order valence-electron chi connectivity index (χ3n) is 2.81. The number of hydrogen-bond donors (Lipinski definition) is 2. The van der Waals surface area contributed by atoms with Gasteiger partial charge in [0.1, 0.15) is 0 Å². The zero-order chi connectivity index (χ0) is 9.10. The molecule has 2 amide bonds. The molecule has 0 unspecified atom stereocenters. The summed E-state index contributed by atoms with van der Waals surface area (Å²) in [6.45, 7) is 0.635. The summed E-state index contributed by atoms with van der Waals surface area (Å²) in [7, 11) is 0. The minimum Gasteiger partial charge on any atom is -0.331 e. The van der Waals surface area contributed by atoms with Gasteiger partial charge in [-0.2, -0.15) is 5.10 Å². The van der Waals surface area contributed by atoms with Gasteiger partial charge < -0.3 is 5.32 Å². The van der Waals surface area contributed by atoms with Crippen molar-refractivity contribution in [3.8, 4) is 0 Å². The third kappa shape index (κ3) is 1.99. The molecule has 1 saturated carbocycles. The van der Waals surface area contributed by atoms with E-state index < -0.39 is 0 Å². The minimum atomic E-state index is -0.181. The molecule has 0 atom stereocenters. The summed E-state index contributed by atoms with van der Waals surface area (Å²) in [4.78, 5) is 10.8. The zero-order valence-electron chi connectivity index (χ0n) is 7.68. The van der Waals surface area contributed by atoms with Crippen LogP contribution in [0.15, 0.2) is 5.10 Å². The number of carbonyl (C=O) groups excluding carboxylic acids is 1. The van der Waals surface area contributed by atoms with E-state index in [-0.39, 0.29) is 6.03 Å². The van der Waals surface area contributed by atoms with Crippen molar-refractivity contribution in [2.24, 2.45) is 11.0 Å². The van der Waals surface area contributed by atoms with Crippen LogP contribution in [0.5, 0.6) is 0 Å². The summed E-state index contributed by atoms with van der Waals surface area (Å²) >= 11 is 0. The van der Waals surface area contributed by atoms with Crippen molar-refractivity contribution < 1.29 is 4.79 Å². The van der Waals surface area contributed by atoms with E-state index in [1.807, 2.05) is 0 Å². The van der Waals surface area contributed by atoms with Crippen molar-refractivity contribution in [1.29, 1.82) is 0 Å². The van der Waals surface area contributed by atoms with Crippen LogP contribution in [0.3, 0.4) is 0 Å². The lowest BCUT2D eigenvalue weighted by Gasteiger charge is -2.25. The number of nitrogens with zero attached hydrogens (tertiary/aromatic N) is 1. The normalized spacial score (nSPS) is 24.6. The molecule has 2 rings (SSSR count). The van der Waals surface area contributed by atoms with Crippen LogP contribution in [0.1, 0.15) is 32.1 Å². The Labute approximate surface area is 77.8 Å². The fourth-order valence-corrected chi connectivity index (χ4v) is 2.04. The molecule has 0 aromatic heterocycles. The van der Waals surface area contributed by atoms with Gasteiger partial charge in [0.05, 0.1) is 12.3 Å². The maximum absolute atomic E-state index is 10.8. The molecular weight excluding hydrogens is 166 g/mol. The predicted molar refractivity (Wildman–Crippen MR) is 50.5 cm³/mol. The van der Waals surface area contributed by atoms with Crippen LogP contribution in [-0.4, -0.2) is 18.3 Å². The maximum atomic E-state index is 10.8. The average molecular weight is 181 g/mol. The van der Waals surface area contributed by atoms with Crippen LogP contribution in [0.25, 0.3) is 0 Å². The van der Waals surface area contributed by atoms with Crippen molar-refractivity contribution in [1.82, 2.24) is 10.7 Å². The van der Waals surface area contributed by atoms with Crippen LogP contribution in [0.2, 0.25) is 0 Å². The van der Waals surface area contributed by atoms with Crippen molar-refractivity contribution >= 4 is 11.7 Å². The van der Waals surface area contributed by atoms with E-state index >= 15 is 0 Å². The van der Waals surface area contributed by atoms with E-state index in [2.05, 4.69) is 15.8 Å². The Kier molecular flexibility index (Phi) is 2.47. The molecule has 1 aliphatic carbocycles. The van der Waals surface area contributed by atoms with Gasteiger partial charge in [0, 0.05) is 5.92 Å². The quantitative estimate of drug-likeness (QED) is 0.628. The fourth-order valence-electron chi connectivity index (χ4n) is 2.04. The smallest absolute Gasteiger partial charge is 0.331 e. The first-order chi connectivity index (χ1) is 6.36. The van der Waals surface area contributed by atoms with E-state index in [1.54, 1.807) is 0 Å². The van der Waals surface area contributed by atoms with Crippen molar-refractivity contribution in [3.63, 3.8) is 0 Å². The van der Waals surface area contributed by atoms with Gasteiger partial charge in [-0.05, 0) is 12.8 Å². The SMILES string of the molecule is O=C1NCC(C2CCCCC2)=NN1. The van der Waals surface area contributed by atoms with E-state index in [0.29, 0.717) is 12.5 Å². The lowest BCUT2D eigenvalue weighted by Crippen LogP contribution is -2.44. The second-order valence-corrected chi connectivity index (χ2v) is 3.73. The molecule has 13 heavy (non-hydrogen) atoms. The van der Waals surface area contributed by atoms with Gasteiger partial charge in [-0.25, -0.2) is 10.2 Å². The number of nitrogens with one attached hydrogen (secondary N) is 2. The molecular formula is C9H15N3O. The second kappa shape index (κ2) is 3.77. The molecule has 0 radical (unpaired) electrons. The molecule has 1 aliphatic heterocycles. The minimum absolute atomic E-state index is 0.181. The van der Waals surface area contributed by atoms with E-state index in [0.717, 1.165) is 5.71 Å². The zero-order valence-corrected chi connectivity index (χ0v) is 7.68. The van der Waals surface area contributed by atoms with E-state index in [1.165, 1.54) is 32.1 Å². The van der Waals surface area contributed by atoms with Gasteiger partial charge >= 0.3 is 6.03 Å². The molecule has 0 saturated heterocycles. The molecule has 4 heteroatoms. The van der Waals surface area contributed by atoms with Gasteiger partial charge in [0.25, 0.3) is 0 Å². The van der Waals surface area contributed by atoms with Crippen molar-refractivity contribution in [2.75, 3.05) is 6.54 Å². The summed E-state index contributed by atoms with van der Waals surface area (Å²) in [6.07, 6.45) is 6.42. The van der Waals surface area contributed by atoms with Crippen LogP contribution in [0, 0.1) is 5.92 Å². The van der Waals surface area contributed by atoms with Crippen LogP contribution >= 0.6 is 0 Å². The maximum Gasteiger partial charge on any atom is 0.335 e. The summed E-state index contributed by atoms with van der Waals surface area (Å²) in [6, 6.07) is -0.181. The van der Waals surface area contributed by atoms with Crippen molar-refractivity contribution in [3.05, 3.63) is 0 Å². The Hall–Kier alpha value is -1.06. The second-order valence-electron chi connectivity index (χ2n) is 3.73. The number of urea groups is 1. The third-order valence-corrected chi connectivity index (χ3v) is 2.81. The molecule has 0 bridgehead atoms. The molecule has 1 heterocycles. The largest absolute Gasteiger partial charge is 0.335 e. The van der Waals surface area contributed by atoms with Crippen LogP contribution in [0.4, 0.5) is 4.79 Å². The van der Waals surface area contributed by atoms with E-state index in [4.69, 9.17) is 0 Å². The topological polar surface area (TPSA) is 53.5 Å². The van der Waals surface area contributed by atoms with Gasteiger partial charge in [-0.3, -0.25) is 0 Å². The number of carbonyl (C=O) groups is 1. The molecule has 1 fully saturated rings.